The third kappa shape index (κ3) is 4.49. The summed E-state index contributed by atoms with van der Waals surface area (Å²) in [6, 6.07) is 7.89. The molecule has 1 aromatic carbocycles. The highest BCUT2D eigenvalue weighted by Crippen LogP contribution is 2.14. The van der Waals surface area contributed by atoms with E-state index in [1.807, 2.05) is 37.3 Å². The lowest BCUT2D eigenvalue weighted by molar-refractivity contribution is -0.0382. The number of benzene rings is 1. The highest BCUT2D eigenvalue weighted by atomic mass is 79.9. The standard InChI is InChI=1S/C12H15BrO2/c1-10(14-2)15-12-7-5-11(6-8-12)4-3-9-13/h3-8,10H,9H2,1-2H3. The van der Waals surface area contributed by atoms with Crippen LogP contribution in [0.4, 0.5) is 0 Å². The maximum Gasteiger partial charge on any atom is 0.196 e. The van der Waals surface area contributed by atoms with E-state index in [4.69, 9.17) is 9.47 Å². The molecule has 3 heteroatoms. The van der Waals surface area contributed by atoms with Crippen molar-refractivity contribution in [1.82, 2.24) is 0 Å². The number of hydrogen-bond acceptors (Lipinski definition) is 2. The molecule has 0 saturated heterocycles. The van der Waals surface area contributed by atoms with Gasteiger partial charge in [-0.15, -0.1) is 0 Å². The van der Waals surface area contributed by atoms with Gasteiger partial charge in [-0.25, -0.2) is 0 Å². The molecule has 1 atom stereocenters. The molecule has 82 valence electrons. The van der Waals surface area contributed by atoms with Crippen LogP contribution in [0.15, 0.2) is 30.3 Å². The van der Waals surface area contributed by atoms with Crippen LogP contribution in [-0.2, 0) is 4.74 Å². The van der Waals surface area contributed by atoms with Gasteiger partial charge in [0.05, 0.1) is 0 Å². The summed E-state index contributed by atoms with van der Waals surface area (Å²) in [6.07, 6.45) is 3.89. The Labute approximate surface area is 99.0 Å². The molecule has 0 aliphatic carbocycles. The molecule has 0 aromatic heterocycles. The average molecular weight is 271 g/mol. The zero-order chi connectivity index (χ0) is 11.1. The summed E-state index contributed by atoms with van der Waals surface area (Å²) in [5.74, 6) is 0.820. The predicted molar refractivity (Wildman–Crippen MR) is 66.4 cm³/mol. The molecule has 2 nitrogen and oxygen atoms in total. The van der Waals surface area contributed by atoms with Crippen molar-refractivity contribution in [1.29, 1.82) is 0 Å². The first-order chi connectivity index (χ1) is 7.26. The first-order valence-electron chi connectivity index (χ1n) is 4.78. The SMILES string of the molecule is COC(C)Oc1ccc(C=CCBr)cc1. The minimum Gasteiger partial charge on any atom is -0.465 e. The maximum absolute atomic E-state index is 5.47. The molecule has 0 saturated carbocycles. The second-order valence-electron chi connectivity index (χ2n) is 3.05. The molecule has 0 aliphatic rings. The van der Waals surface area contributed by atoms with Crippen LogP contribution in [-0.4, -0.2) is 18.7 Å². The zero-order valence-electron chi connectivity index (χ0n) is 8.94. The normalized spacial score (nSPS) is 13.0. The van der Waals surface area contributed by atoms with Crippen LogP contribution in [0.1, 0.15) is 12.5 Å². The molecule has 15 heavy (non-hydrogen) atoms. The highest BCUT2D eigenvalue weighted by molar-refractivity contribution is 9.09. The lowest BCUT2D eigenvalue weighted by Gasteiger charge is -2.12. The minimum absolute atomic E-state index is 0.214. The number of alkyl halides is 1. The number of ether oxygens (including phenoxy) is 2. The monoisotopic (exact) mass is 270 g/mol. The van der Waals surface area contributed by atoms with Gasteiger partial charge in [-0.2, -0.15) is 0 Å². The van der Waals surface area contributed by atoms with E-state index in [0.717, 1.165) is 16.6 Å². The second kappa shape index (κ2) is 6.64. The van der Waals surface area contributed by atoms with Gasteiger partial charge in [0.2, 0.25) is 0 Å². The Kier molecular flexibility index (Phi) is 5.43. The van der Waals surface area contributed by atoms with Crippen LogP contribution in [0.25, 0.3) is 6.08 Å². The first kappa shape index (κ1) is 12.3. The van der Waals surface area contributed by atoms with Crippen LogP contribution in [0.5, 0.6) is 5.75 Å². The van der Waals surface area contributed by atoms with Crippen LogP contribution >= 0.6 is 15.9 Å². The Bertz CT molecular complexity index is 306. The number of methoxy groups -OCH3 is 1. The van der Waals surface area contributed by atoms with Crippen molar-refractivity contribution >= 4 is 22.0 Å². The lowest BCUT2D eigenvalue weighted by Crippen LogP contribution is -2.13. The molecule has 0 aliphatic heterocycles. The van der Waals surface area contributed by atoms with Crippen molar-refractivity contribution in [2.45, 2.75) is 13.2 Å². The summed E-state index contributed by atoms with van der Waals surface area (Å²) in [7, 11) is 1.62. The fourth-order valence-electron chi connectivity index (χ4n) is 1.08. The van der Waals surface area contributed by atoms with E-state index in [1.165, 1.54) is 0 Å². The molecule has 0 bridgehead atoms. The van der Waals surface area contributed by atoms with Gasteiger partial charge in [-0.05, 0) is 24.6 Å². The number of hydrogen-bond donors (Lipinski definition) is 0. The molecular weight excluding hydrogens is 256 g/mol. The van der Waals surface area contributed by atoms with Crippen LogP contribution in [0, 0.1) is 0 Å². The van der Waals surface area contributed by atoms with Crippen molar-refractivity contribution < 1.29 is 9.47 Å². The summed E-state index contributed by atoms with van der Waals surface area (Å²) in [5, 5.41) is 0.867. The number of allylic oxidation sites excluding steroid dienone is 1. The summed E-state index contributed by atoms with van der Waals surface area (Å²) in [5.41, 5.74) is 1.16. The van der Waals surface area contributed by atoms with E-state index in [-0.39, 0.29) is 6.29 Å². The van der Waals surface area contributed by atoms with Crippen molar-refractivity contribution in [3.05, 3.63) is 35.9 Å². The number of rotatable bonds is 5. The summed E-state index contributed by atoms with van der Waals surface area (Å²) in [4.78, 5) is 0. The highest BCUT2D eigenvalue weighted by Gasteiger charge is 1.99. The Balaban J connectivity index is 2.60. The maximum atomic E-state index is 5.47. The Morgan fingerprint density at radius 2 is 2.00 bits per heavy atom. The molecular formula is C12H15BrO2. The smallest absolute Gasteiger partial charge is 0.196 e. The van der Waals surface area contributed by atoms with Crippen molar-refractivity contribution in [3.63, 3.8) is 0 Å². The van der Waals surface area contributed by atoms with E-state index in [1.54, 1.807) is 7.11 Å². The molecule has 1 rings (SSSR count). The van der Waals surface area contributed by atoms with Crippen LogP contribution in [0.2, 0.25) is 0 Å². The van der Waals surface area contributed by atoms with Gasteiger partial charge < -0.3 is 9.47 Å². The molecule has 0 fully saturated rings. The van der Waals surface area contributed by atoms with Crippen LogP contribution < -0.4 is 4.74 Å². The topological polar surface area (TPSA) is 18.5 Å². The van der Waals surface area contributed by atoms with E-state index in [0.29, 0.717) is 0 Å². The molecule has 0 heterocycles. The molecule has 0 spiro atoms. The summed E-state index contributed by atoms with van der Waals surface area (Å²) >= 11 is 3.34. The van der Waals surface area contributed by atoms with Gasteiger partial charge in [-0.1, -0.05) is 40.2 Å². The van der Waals surface area contributed by atoms with E-state index in [9.17, 15) is 0 Å². The van der Waals surface area contributed by atoms with Gasteiger partial charge in [0.1, 0.15) is 5.75 Å². The Morgan fingerprint density at radius 1 is 1.33 bits per heavy atom. The van der Waals surface area contributed by atoms with E-state index in [2.05, 4.69) is 22.0 Å². The third-order valence-corrected chi connectivity index (χ3v) is 2.29. The lowest BCUT2D eigenvalue weighted by atomic mass is 10.2. The van der Waals surface area contributed by atoms with Crippen molar-refractivity contribution in [3.8, 4) is 5.75 Å². The largest absolute Gasteiger partial charge is 0.465 e. The zero-order valence-corrected chi connectivity index (χ0v) is 10.5. The average Bonchev–Trinajstić information content (AvgIpc) is 2.28. The van der Waals surface area contributed by atoms with Gasteiger partial charge in [-0.3, -0.25) is 0 Å². The molecule has 0 N–H and O–H groups in total. The van der Waals surface area contributed by atoms with Crippen molar-refractivity contribution in [2.24, 2.45) is 0 Å². The van der Waals surface area contributed by atoms with Crippen molar-refractivity contribution in [2.75, 3.05) is 12.4 Å². The molecule has 1 aromatic rings. The van der Waals surface area contributed by atoms with Crippen LogP contribution in [0.3, 0.4) is 0 Å². The molecule has 1 unspecified atom stereocenters. The van der Waals surface area contributed by atoms with Gasteiger partial charge in [0, 0.05) is 12.4 Å². The third-order valence-electron chi connectivity index (χ3n) is 1.91. The fourth-order valence-corrected chi connectivity index (χ4v) is 1.26. The predicted octanol–water partition coefficient (Wildman–Crippen LogP) is 3.47. The summed E-state index contributed by atoms with van der Waals surface area (Å²) < 4.78 is 10.5. The van der Waals surface area contributed by atoms with Gasteiger partial charge in [0.25, 0.3) is 0 Å². The Hall–Kier alpha value is -0.800. The summed E-state index contributed by atoms with van der Waals surface area (Å²) in [6.45, 7) is 1.86. The van der Waals surface area contributed by atoms with Gasteiger partial charge in [0.15, 0.2) is 6.29 Å². The molecule has 0 radical (unpaired) electrons. The van der Waals surface area contributed by atoms with E-state index >= 15 is 0 Å². The first-order valence-corrected chi connectivity index (χ1v) is 5.90. The quantitative estimate of drug-likeness (QED) is 0.603. The minimum atomic E-state index is -0.214. The molecule has 0 amide bonds. The Morgan fingerprint density at radius 3 is 2.53 bits per heavy atom. The number of halogens is 1. The van der Waals surface area contributed by atoms with E-state index < -0.39 is 0 Å². The van der Waals surface area contributed by atoms with Gasteiger partial charge >= 0.3 is 0 Å². The fraction of sp³-hybridized carbons (Fsp3) is 0.333. The second-order valence-corrected chi connectivity index (χ2v) is 3.69.